The molecule has 3 N–H and O–H groups in total. The number of urea groups is 1. The van der Waals surface area contributed by atoms with Crippen LogP contribution in [0.3, 0.4) is 0 Å². The van der Waals surface area contributed by atoms with Gasteiger partial charge in [0.25, 0.3) is 0 Å². The Morgan fingerprint density at radius 1 is 1.09 bits per heavy atom. The lowest BCUT2D eigenvalue weighted by Crippen LogP contribution is -2.47. The van der Waals surface area contributed by atoms with Gasteiger partial charge in [0.05, 0.1) is 0 Å². The highest BCUT2D eigenvalue weighted by atomic mass is 35.5. The first-order chi connectivity index (χ1) is 10.5. The van der Waals surface area contributed by atoms with Crippen LogP contribution in [0.2, 0.25) is 5.02 Å². The molecule has 0 saturated carbocycles. The number of imide groups is 1. The van der Waals surface area contributed by atoms with Crippen LogP contribution >= 0.6 is 11.6 Å². The summed E-state index contributed by atoms with van der Waals surface area (Å²) < 4.78 is 0. The van der Waals surface area contributed by atoms with Crippen molar-refractivity contribution in [2.45, 2.75) is 13.0 Å². The van der Waals surface area contributed by atoms with Gasteiger partial charge in [0.2, 0.25) is 5.91 Å². The Bertz CT molecular complexity index is 513. The molecule has 1 saturated heterocycles. The highest BCUT2D eigenvalue weighted by Gasteiger charge is 2.17. The molecule has 1 fully saturated rings. The van der Waals surface area contributed by atoms with Crippen LogP contribution < -0.4 is 11.1 Å². The maximum atomic E-state index is 11.4. The van der Waals surface area contributed by atoms with Crippen LogP contribution in [0.5, 0.6) is 0 Å². The van der Waals surface area contributed by atoms with Crippen LogP contribution in [0, 0.1) is 0 Å². The number of nitrogens with one attached hydrogen (secondary N) is 1. The number of hydrogen-bond acceptors (Lipinski definition) is 4. The normalized spacial score (nSPS) is 16.4. The second-order valence-electron chi connectivity index (χ2n) is 5.41. The van der Waals surface area contributed by atoms with E-state index in [2.05, 4.69) is 15.1 Å². The Kier molecular flexibility index (Phi) is 6.18. The summed E-state index contributed by atoms with van der Waals surface area (Å²) in [5.74, 6) is -0.323. The van der Waals surface area contributed by atoms with E-state index >= 15 is 0 Å². The van der Waals surface area contributed by atoms with E-state index in [1.165, 1.54) is 5.56 Å². The van der Waals surface area contributed by atoms with Gasteiger partial charge in [-0.3, -0.25) is 15.0 Å². The Balaban J connectivity index is 1.68. The summed E-state index contributed by atoms with van der Waals surface area (Å²) in [6, 6.07) is 7.11. The second-order valence-corrected chi connectivity index (χ2v) is 5.84. The number of piperazine rings is 1. The minimum absolute atomic E-state index is 0.292. The van der Waals surface area contributed by atoms with Crippen molar-refractivity contribution in [2.75, 3.05) is 32.7 Å². The lowest BCUT2D eigenvalue weighted by atomic mass is 10.2. The van der Waals surface area contributed by atoms with Crippen molar-refractivity contribution in [3.63, 3.8) is 0 Å². The first-order valence-electron chi connectivity index (χ1n) is 7.31. The van der Waals surface area contributed by atoms with E-state index in [1.54, 1.807) is 0 Å². The highest BCUT2D eigenvalue weighted by Crippen LogP contribution is 2.13. The van der Waals surface area contributed by atoms with Crippen LogP contribution in [0.1, 0.15) is 12.0 Å². The third-order valence-electron chi connectivity index (χ3n) is 3.70. The summed E-state index contributed by atoms with van der Waals surface area (Å²) in [6.07, 6.45) is 0.292. The van der Waals surface area contributed by atoms with Gasteiger partial charge in [0.1, 0.15) is 0 Å². The molecule has 0 unspecified atom stereocenters. The van der Waals surface area contributed by atoms with Crippen LogP contribution in [-0.2, 0) is 11.3 Å². The van der Waals surface area contributed by atoms with Crippen molar-refractivity contribution in [3.8, 4) is 0 Å². The molecule has 2 rings (SSSR count). The molecule has 0 bridgehead atoms. The van der Waals surface area contributed by atoms with Gasteiger partial charge in [-0.2, -0.15) is 0 Å². The minimum Gasteiger partial charge on any atom is -0.351 e. The average molecular weight is 325 g/mol. The maximum Gasteiger partial charge on any atom is 0.318 e. The standard InChI is InChI=1S/C15H21ClN4O2/c16-13-3-1-12(2-4-13)11-20-9-7-19(8-10-20)6-5-14(21)18-15(17)22/h1-4H,5-11H2,(H3,17,18,21,22). The molecule has 0 atom stereocenters. The van der Waals surface area contributed by atoms with Gasteiger partial charge < -0.3 is 10.6 Å². The predicted octanol–water partition coefficient (Wildman–Crippen LogP) is 1.04. The summed E-state index contributed by atoms with van der Waals surface area (Å²) in [6.45, 7) is 5.30. The molecule has 1 heterocycles. The van der Waals surface area contributed by atoms with Crippen LogP contribution in [0.25, 0.3) is 0 Å². The Labute approximate surface area is 135 Å². The van der Waals surface area contributed by atoms with E-state index in [0.717, 1.165) is 37.7 Å². The largest absolute Gasteiger partial charge is 0.351 e. The smallest absolute Gasteiger partial charge is 0.318 e. The Hall–Kier alpha value is -1.63. The van der Waals surface area contributed by atoms with Crippen molar-refractivity contribution < 1.29 is 9.59 Å². The van der Waals surface area contributed by atoms with Gasteiger partial charge >= 0.3 is 6.03 Å². The number of carbonyl (C=O) groups excluding carboxylic acids is 2. The maximum absolute atomic E-state index is 11.4. The number of carbonyl (C=O) groups is 2. The molecule has 0 spiro atoms. The SMILES string of the molecule is NC(=O)NC(=O)CCN1CCN(Cc2ccc(Cl)cc2)CC1. The number of primary amides is 1. The molecule has 0 aromatic heterocycles. The number of amides is 3. The molecule has 6 nitrogen and oxygen atoms in total. The molecule has 1 aromatic carbocycles. The zero-order chi connectivity index (χ0) is 15.9. The first-order valence-corrected chi connectivity index (χ1v) is 7.69. The summed E-state index contributed by atoms with van der Waals surface area (Å²) in [5, 5.41) is 2.83. The number of nitrogens with zero attached hydrogens (tertiary/aromatic N) is 2. The molecule has 7 heteroatoms. The van der Waals surface area contributed by atoms with Crippen LogP contribution in [0.15, 0.2) is 24.3 Å². The van der Waals surface area contributed by atoms with E-state index < -0.39 is 6.03 Å². The number of nitrogens with two attached hydrogens (primary N) is 1. The summed E-state index contributed by atoms with van der Waals surface area (Å²) in [4.78, 5) is 26.5. The van der Waals surface area contributed by atoms with Crippen molar-refractivity contribution in [1.29, 1.82) is 0 Å². The fraction of sp³-hybridized carbons (Fsp3) is 0.467. The molecular formula is C15H21ClN4O2. The lowest BCUT2D eigenvalue weighted by molar-refractivity contribution is -0.120. The third-order valence-corrected chi connectivity index (χ3v) is 3.95. The zero-order valence-corrected chi connectivity index (χ0v) is 13.2. The molecule has 0 radical (unpaired) electrons. The van der Waals surface area contributed by atoms with Gasteiger partial charge in [0.15, 0.2) is 0 Å². The number of halogens is 1. The number of hydrogen-bond donors (Lipinski definition) is 2. The quantitative estimate of drug-likeness (QED) is 0.848. The fourth-order valence-electron chi connectivity index (χ4n) is 2.48. The van der Waals surface area contributed by atoms with E-state index in [0.29, 0.717) is 13.0 Å². The fourth-order valence-corrected chi connectivity index (χ4v) is 2.60. The molecule has 0 aliphatic carbocycles. The molecule has 120 valence electrons. The second kappa shape index (κ2) is 8.12. The van der Waals surface area contributed by atoms with Gasteiger partial charge in [-0.15, -0.1) is 0 Å². The van der Waals surface area contributed by atoms with Crippen LogP contribution in [-0.4, -0.2) is 54.5 Å². The molecule has 1 aromatic rings. The van der Waals surface area contributed by atoms with Gasteiger partial charge in [-0.25, -0.2) is 4.79 Å². The van der Waals surface area contributed by atoms with Crippen molar-refractivity contribution in [2.24, 2.45) is 5.73 Å². The molecule has 1 aliphatic heterocycles. The van der Waals surface area contributed by atoms with Gasteiger partial charge in [0, 0.05) is 50.7 Å². The summed E-state index contributed by atoms with van der Waals surface area (Å²) in [7, 11) is 0. The molecular weight excluding hydrogens is 304 g/mol. The molecule has 3 amide bonds. The number of benzene rings is 1. The average Bonchev–Trinajstić information content (AvgIpc) is 2.48. The van der Waals surface area contributed by atoms with E-state index in [4.69, 9.17) is 17.3 Å². The lowest BCUT2D eigenvalue weighted by Gasteiger charge is -2.34. The third kappa shape index (κ3) is 5.63. The molecule has 22 heavy (non-hydrogen) atoms. The summed E-state index contributed by atoms with van der Waals surface area (Å²) >= 11 is 5.88. The Morgan fingerprint density at radius 2 is 1.68 bits per heavy atom. The Morgan fingerprint density at radius 3 is 2.27 bits per heavy atom. The van der Waals surface area contributed by atoms with Crippen molar-refractivity contribution >= 4 is 23.5 Å². The van der Waals surface area contributed by atoms with Crippen molar-refractivity contribution in [3.05, 3.63) is 34.9 Å². The summed E-state index contributed by atoms with van der Waals surface area (Å²) in [5.41, 5.74) is 6.15. The highest BCUT2D eigenvalue weighted by molar-refractivity contribution is 6.30. The topological polar surface area (TPSA) is 78.7 Å². The molecule has 1 aliphatic rings. The van der Waals surface area contributed by atoms with Gasteiger partial charge in [-0.05, 0) is 17.7 Å². The van der Waals surface area contributed by atoms with E-state index in [9.17, 15) is 9.59 Å². The monoisotopic (exact) mass is 324 g/mol. The number of rotatable bonds is 5. The first kappa shape index (κ1) is 16.7. The van der Waals surface area contributed by atoms with Gasteiger partial charge in [-0.1, -0.05) is 23.7 Å². The zero-order valence-electron chi connectivity index (χ0n) is 12.4. The van der Waals surface area contributed by atoms with E-state index in [-0.39, 0.29) is 5.91 Å². The van der Waals surface area contributed by atoms with E-state index in [1.807, 2.05) is 24.3 Å². The van der Waals surface area contributed by atoms with Crippen molar-refractivity contribution in [1.82, 2.24) is 15.1 Å². The predicted molar refractivity (Wildman–Crippen MR) is 85.5 cm³/mol. The van der Waals surface area contributed by atoms with Crippen LogP contribution in [0.4, 0.5) is 4.79 Å². The minimum atomic E-state index is -0.794.